The summed E-state index contributed by atoms with van der Waals surface area (Å²) in [4.78, 5) is 3.35. The lowest BCUT2D eigenvalue weighted by Gasteiger charge is -2.33. The van der Waals surface area contributed by atoms with Crippen molar-refractivity contribution in [2.24, 2.45) is 5.92 Å². The summed E-state index contributed by atoms with van der Waals surface area (Å²) in [6.07, 6.45) is 4.26. The Bertz CT molecular complexity index is 175. The van der Waals surface area contributed by atoms with Gasteiger partial charge in [-0.2, -0.15) is 0 Å². The van der Waals surface area contributed by atoms with Gasteiger partial charge in [0.2, 0.25) is 0 Å². The number of nitrogens with zero attached hydrogens (tertiary/aromatic N) is 1. The molecule has 1 unspecified atom stereocenters. The van der Waals surface area contributed by atoms with Gasteiger partial charge in [-0.15, -0.1) is 0 Å². The van der Waals surface area contributed by atoms with Gasteiger partial charge in [-0.25, -0.2) is 0 Å². The zero-order valence-corrected chi connectivity index (χ0v) is 9.60. The highest BCUT2D eigenvalue weighted by atomic mass is 79.9. The zero-order valence-electron chi connectivity index (χ0n) is 8.02. The number of hydrogen-bond acceptors (Lipinski definition) is 1. The first-order valence-electron chi connectivity index (χ1n) is 5.00. The van der Waals surface area contributed by atoms with E-state index in [1.54, 1.807) is 0 Å². The number of alkyl halides is 1. The summed E-state index contributed by atoms with van der Waals surface area (Å²) in [5, 5.41) is 0. The van der Waals surface area contributed by atoms with Crippen LogP contribution in [0, 0.1) is 5.92 Å². The summed E-state index contributed by atoms with van der Waals surface area (Å²) in [6.45, 7) is 7.36. The molecule has 2 fully saturated rings. The monoisotopic (exact) mass is 231 g/mol. The number of likely N-dealkylation sites (tertiary alicyclic amines) is 1. The molecular weight excluding hydrogens is 214 g/mol. The van der Waals surface area contributed by atoms with Crippen molar-refractivity contribution in [1.29, 1.82) is 0 Å². The quantitative estimate of drug-likeness (QED) is 0.661. The molecule has 1 aliphatic carbocycles. The minimum absolute atomic E-state index is 0.391. The Labute approximate surface area is 83.6 Å². The Hall–Kier alpha value is 0.440. The van der Waals surface area contributed by atoms with E-state index < -0.39 is 0 Å². The molecule has 0 radical (unpaired) electrons. The van der Waals surface area contributed by atoms with Crippen LogP contribution in [0.4, 0.5) is 0 Å². The number of hydrogen-bond donors (Lipinski definition) is 0. The lowest BCUT2D eigenvalue weighted by Crippen LogP contribution is -2.43. The van der Waals surface area contributed by atoms with Crippen LogP contribution < -0.4 is 0 Å². The van der Waals surface area contributed by atoms with Gasteiger partial charge in [0.15, 0.2) is 0 Å². The average molecular weight is 232 g/mol. The fourth-order valence-electron chi connectivity index (χ4n) is 2.05. The standard InChI is InChI=1S/C10H18BrN/c1-10(2)9(11)5-6-12(10)7-8-3-4-8/h8-9H,3-7H2,1-2H3. The topological polar surface area (TPSA) is 3.24 Å². The number of rotatable bonds is 2. The second-order valence-electron chi connectivity index (χ2n) is 4.80. The molecule has 2 heteroatoms. The molecule has 12 heavy (non-hydrogen) atoms. The molecule has 0 aromatic carbocycles. The van der Waals surface area contributed by atoms with Gasteiger partial charge in [0.05, 0.1) is 0 Å². The molecule has 1 heterocycles. The maximum absolute atomic E-state index is 3.77. The normalized spacial score (nSPS) is 35.8. The van der Waals surface area contributed by atoms with Crippen LogP contribution in [0.5, 0.6) is 0 Å². The second-order valence-corrected chi connectivity index (χ2v) is 5.90. The third kappa shape index (κ3) is 1.56. The van der Waals surface area contributed by atoms with Crippen LogP contribution in [-0.2, 0) is 0 Å². The summed E-state index contributed by atoms with van der Waals surface area (Å²) in [6, 6.07) is 0. The fraction of sp³-hybridized carbons (Fsp3) is 1.00. The van der Waals surface area contributed by atoms with Gasteiger partial charge in [-0.1, -0.05) is 15.9 Å². The highest BCUT2D eigenvalue weighted by Gasteiger charge is 2.41. The largest absolute Gasteiger partial charge is 0.297 e. The Balaban J connectivity index is 1.96. The van der Waals surface area contributed by atoms with Crippen molar-refractivity contribution in [1.82, 2.24) is 4.90 Å². The molecular formula is C10H18BrN. The summed E-state index contributed by atoms with van der Waals surface area (Å²) >= 11 is 3.77. The van der Waals surface area contributed by atoms with Crippen LogP contribution in [0.2, 0.25) is 0 Å². The molecule has 70 valence electrons. The van der Waals surface area contributed by atoms with Gasteiger partial charge in [0.25, 0.3) is 0 Å². The van der Waals surface area contributed by atoms with Crippen LogP contribution in [0.3, 0.4) is 0 Å². The van der Waals surface area contributed by atoms with E-state index in [0.717, 1.165) is 5.92 Å². The SMILES string of the molecule is CC1(C)C(Br)CCN1CC1CC1. The fourth-order valence-corrected chi connectivity index (χ4v) is 2.54. The molecule has 0 bridgehead atoms. The lowest BCUT2D eigenvalue weighted by molar-refractivity contribution is 0.172. The van der Waals surface area contributed by atoms with Gasteiger partial charge in [0, 0.05) is 16.9 Å². The van der Waals surface area contributed by atoms with Crippen molar-refractivity contribution in [3.63, 3.8) is 0 Å². The first-order chi connectivity index (χ1) is 5.60. The van der Waals surface area contributed by atoms with E-state index in [-0.39, 0.29) is 0 Å². The predicted molar refractivity (Wildman–Crippen MR) is 55.7 cm³/mol. The summed E-state index contributed by atoms with van der Waals surface area (Å²) in [7, 11) is 0. The lowest BCUT2D eigenvalue weighted by atomic mass is 10.0. The van der Waals surface area contributed by atoms with Crippen LogP contribution in [0.25, 0.3) is 0 Å². The highest BCUT2D eigenvalue weighted by Crippen LogP contribution is 2.38. The van der Waals surface area contributed by atoms with Crippen molar-refractivity contribution in [2.45, 2.75) is 43.5 Å². The molecule has 0 aromatic rings. The van der Waals surface area contributed by atoms with Gasteiger partial charge in [0.1, 0.15) is 0 Å². The van der Waals surface area contributed by atoms with Crippen LogP contribution >= 0.6 is 15.9 Å². The Morgan fingerprint density at radius 1 is 1.33 bits per heavy atom. The van der Waals surface area contributed by atoms with Gasteiger partial charge < -0.3 is 0 Å². The summed E-state index contributed by atoms with van der Waals surface area (Å²) in [5.74, 6) is 1.03. The predicted octanol–water partition coefficient (Wildman–Crippen LogP) is 2.64. The van der Waals surface area contributed by atoms with E-state index in [2.05, 4.69) is 34.7 Å². The molecule has 0 N–H and O–H groups in total. The third-order valence-electron chi connectivity index (χ3n) is 3.41. The second kappa shape index (κ2) is 2.98. The van der Waals surface area contributed by atoms with Crippen molar-refractivity contribution < 1.29 is 0 Å². The number of halogens is 1. The Morgan fingerprint density at radius 3 is 2.42 bits per heavy atom. The Kier molecular flexibility index (Phi) is 2.24. The van der Waals surface area contributed by atoms with Crippen molar-refractivity contribution in [3.05, 3.63) is 0 Å². The molecule has 0 spiro atoms. The zero-order chi connectivity index (χ0) is 8.77. The summed E-state index contributed by atoms with van der Waals surface area (Å²) in [5.41, 5.74) is 0.391. The first-order valence-corrected chi connectivity index (χ1v) is 5.91. The average Bonchev–Trinajstić information content (AvgIpc) is 2.75. The molecule has 1 saturated heterocycles. The van der Waals surface area contributed by atoms with Crippen molar-refractivity contribution in [2.75, 3.05) is 13.1 Å². The van der Waals surface area contributed by atoms with E-state index in [0.29, 0.717) is 10.4 Å². The maximum atomic E-state index is 3.77. The van der Waals surface area contributed by atoms with E-state index in [1.165, 1.54) is 32.4 Å². The van der Waals surface area contributed by atoms with E-state index in [9.17, 15) is 0 Å². The van der Waals surface area contributed by atoms with Gasteiger partial charge in [-0.05, 0) is 45.6 Å². The smallest absolute Gasteiger partial charge is 0.0336 e. The van der Waals surface area contributed by atoms with E-state index in [4.69, 9.17) is 0 Å². The molecule has 2 rings (SSSR count). The highest BCUT2D eigenvalue weighted by molar-refractivity contribution is 9.09. The van der Waals surface area contributed by atoms with Crippen molar-refractivity contribution in [3.8, 4) is 0 Å². The Morgan fingerprint density at radius 2 is 2.00 bits per heavy atom. The maximum Gasteiger partial charge on any atom is 0.0336 e. The van der Waals surface area contributed by atoms with Crippen LogP contribution in [0.1, 0.15) is 33.1 Å². The molecule has 2 aliphatic rings. The van der Waals surface area contributed by atoms with Crippen molar-refractivity contribution >= 4 is 15.9 Å². The molecule has 1 aliphatic heterocycles. The minimum atomic E-state index is 0.391. The van der Waals surface area contributed by atoms with Gasteiger partial charge in [-0.3, -0.25) is 4.90 Å². The van der Waals surface area contributed by atoms with Gasteiger partial charge >= 0.3 is 0 Å². The van der Waals surface area contributed by atoms with E-state index >= 15 is 0 Å². The van der Waals surface area contributed by atoms with Crippen LogP contribution in [0.15, 0.2) is 0 Å². The summed E-state index contributed by atoms with van der Waals surface area (Å²) < 4.78 is 0. The molecule has 1 atom stereocenters. The third-order valence-corrected chi connectivity index (χ3v) is 4.99. The molecule has 1 nitrogen and oxygen atoms in total. The minimum Gasteiger partial charge on any atom is -0.297 e. The molecule has 1 saturated carbocycles. The first kappa shape index (κ1) is 9.01. The van der Waals surface area contributed by atoms with E-state index in [1.807, 2.05) is 0 Å². The van der Waals surface area contributed by atoms with Crippen LogP contribution in [-0.4, -0.2) is 28.4 Å². The molecule has 0 aromatic heterocycles. The molecule has 0 amide bonds.